The fourth-order valence-corrected chi connectivity index (χ4v) is 3.15. The van der Waals surface area contributed by atoms with Crippen molar-refractivity contribution in [3.05, 3.63) is 81.8 Å². The third kappa shape index (κ3) is 2.65. The number of pyridine rings is 1. The number of hydrogen-bond acceptors (Lipinski definition) is 3. The summed E-state index contributed by atoms with van der Waals surface area (Å²) >= 11 is 0. The molecule has 1 aromatic carbocycles. The van der Waals surface area contributed by atoms with E-state index < -0.39 is 5.82 Å². The second kappa shape index (κ2) is 6.05. The standard InChI is InChI=1S/C18H17FN4O/c19-15-5-1-2-6-17(15)23-18(24)14-12-22(9-7-16(14)21-23)11-13-4-3-8-20-10-13/h1-6,8,10,21H,7,9,11-12H2. The molecular formula is C18H17FN4O. The number of halogens is 1. The summed E-state index contributed by atoms with van der Waals surface area (Å²) in [5.41, 5.74) is 2.81. The molecule has 6 heteroatoms. The summed E-state index contributed by atoms with van der Waals surface area (Å²) in [6.07, 6.45) is 4.33. The molecule has 3 heterocycles. The van der Waals surface area contributed by atoms with Gasteiger partial charge in [-0.25, -0.2) is 9.07 Å². The van der Waals surface area contributed by atoms with Gasteiger partial charge in [0.2, 0.25) is 0 Å². The minimum absolute atomic E-state index is 0.175. The molecule has 1 aliphatic heterocycles. The van der Waals surface area contributed by atoms with E-state index in [0.717, 1.165) is 30.8 Å². The monoisotopic (exact) mass is 324 g/mol. The fraction of sp³-hybridized carbons (Fsp3) is 0.222. The first-order valence-electron chi connectivity index (χ1n) is 7.91. The van der Waals surface area contributed by atoms with E-state index in [9.17, 15) is 9.18 Å². The second-order valence-electron chi connectivity index (χ2n) is 5.98. The minimum Gasteiger partial charge on any atom is -0.295 e. The average Bonchev–Trinajstić information content (AvgIpc) is 2.93. The lowest BCUT2D eigenvalue weighted by Crippen LogP contribution is -2.32. The summed E-state index contributed by atoms with van der Waals surface area (Å²) in [5.74, 6) is -0.412. The normalized spacial score (nSPS) is 14.5. The molecule has 5 nitrogen and oxygen atoms in total. The van der Waals surface area contributed by atoms with Crippen LogP contribution in [0.25, 0.3) is 5.69 Å². The molecule has 0 spiro atoms. The van der Waals surface area contributed by atoms with Gasteiger partial charge in [0.15, 0.2) is 0 Å². The molecule has 0 saturated heterocycles. The summed E-state index contributed by atoms with van der Waals surface area (Å²) in [6, 6.07) is 10.2. The van der Waals surface area contributed by atoms with Crippen molar-refractivity contribution in [1.29, 1.82) is 0 Å². The predicted molar refractivity (Wildman–Crippen MR) is 88.4 cm³/mol. The van der Waals surface area contributed by atoms with Crippen molar-refractivity contribution in [3.8, 4) is 5.69 Å². The van der Waals surface area contributed by atoms with Crippen LogP contribution in [0, 0.1) is 5.82 Å². The van der Waals surface area contributed by atoms with Crippen molar-refractivity contribution in [3.63, 3.8) is 0 Å². The maximum Gasteiger partial charge on any atom is 0.276 e. The first kappa shape index (κ1) is 14.8. The molecular weight excluding hydrogens is 307 g/mol. The summed E-state index contributed by atoms with van der Waals surface area (Å²) < 4.78 is 15.3. The number of para-hydroxylation sites is 1. The third-order valence-corrected chi connectivity index (χ3v) is 4.35. The maximum absolute atomic E-state index is 14.0. The Bertz CT molecular complexity index is 916. The van der Waals surface area contributed by atoms with E-state index in [-0.39, 0.29) is 11.2 Å². The first-order valence-corrected chi connectivity index (χ1v) is 7.91. The lowest BCUT2D eigenvalue weighted by molar-refractivity contribution is 0.244. The van der Waals surface area contributed by atoms with Crippen LogP contribution in [0.1, 0.15) is 16.8 Å². The Hall–Kier alpha value is -2.73. The Morgan fingerprint density at radius 3 is 2.88 bits per heavy atom. The van der Waals surface area contributed by atoms with Crippen LogP contribution >= 0.6 is 0 Å². The van der Waals surface area contributed by atoms with Gasteiger partial charge in [0.25, 0.3) is 5.56 Å². The smallest absolute Gasteiger partial charge is 0.276 e. The number of aromatic nitrogens is 3. The summed E-state index contributed by atoms with van der Waals surface area (Å²) in [4.78, 5) is 19.0. The van der Waals surface area contributed by atoms with Gasteiger partial charge in [0.1, 0.15) is 11.5 Å². The van der Waals surface area contributed by atoms with Gasteiger partial charge in [-0.2, -0.15) is 0 Å². The number of fused-ring (bicyclic) bond motifs is 1. The Kier molecular flexibility index (Phi) is 3.74. The predicted octanol–water partition coefficient (Wildman–Crippen LogP) is 2.26. The first-order chi connectivity index (χ1) is 11.7. The molecule has 2 aromatic heterocycles. The van der Waals surface area contributed by atoms with Crippen molar-refractivity contribution in [2.45, 2.75) is 19.5 Å². The molecule has 0 fully saturated rings. The third-order valence-electron chi connectivity index (χ3n) is 4.35. The lowest BCUT2D eigenvalue weighted by Gasteiger charge is -2.25. The molecule has 0 radical (unpaired) electrons. The summed E-state index contributed by atoms with van der Waals surface area (Å²) in [5, 5.41) is 3.07. The van der Waals surface area contributed by atoms with E-state index in [4.69, 9.17) is 0 Å². The highest BCUT2D eigenvalue weighted by atomic mass is 19.1. The molecule has 4 rings (SSSR count). The number of aromatic amines is 1. The molecule has 1 aliphatic rings. The molecule has 1 N–H and O–H groups in total. The van der Waals surface area contributed by atoms with Crippen LogP contribution in [0.4, 0.5) is 4.39 Å². The molecule has 24 heavy (non-hydrogen) atoms. The number of rotatable bonds is 3. The Morgan fingerprint density at radius 1 is 1.21 bits per heavy atom. The highest BCUT2D eigenvalue weighted by Crippen LogP contribution is 2.18. The SMILES string of the molecule is O=c1c2c([nH]n1-c1ccccc1F)CCN(Cc1cccnc1)C2. The van der Waals surface area contributed by atoms with Gasteiger partial charge in [-0.1, -0.05) is 18.2 Å². The number of benzene rings is 1. The van der Waals surface area contributed by atoms with Crippen LogP contribution in [0.2, 0.25) is 0 Å². The zero-order valence-corrected chi connectivity index (χ0v) is 13.1. The fourth-order valence-electron chi connectivity index (χ4n) is 3.15. The van der Waals surface area contributed by atoms with Crippen molar-refractivity contribution >= 4 is 0 Å². The molecule has 3 aromatic rings. The molecule has 0 bridgehead atoms. The number of hydrogen-bond donors (Lipinski definition) is 1. The van der Waals surface area contributed by atoms with Crippen LogP contribution < -0.4 is 5.56 Å². The highest BCUT2D eigenvalue weighted by molar-refractivity contribution is 5.35. The van der Waals surface area contributed by atoms with Gasteiger partial charge in [0.05, 0.1) is 5.56 Å². The van der Waals surface area contributed by atoms with Gasteiger partial charge in [-0.05, 0) is 23.8 Å². The lowest BCUT2D eigenvalue weighted by atomic mass is 10.1. The van der Waals surface area contributed by atoms with E-state index in [0.29, 0.717) is 12.1 Å². The average molecular weight is 324 g/mol. The molecule has 0 amide bonds. The van der Waals surface area contributed by atoms with Crippen LogP contribution in [-0.2, 0) is 19.5 Å². The van der Waals surface area contributed by atoms with E-state index in [1.807, 2.05) is 18.3 Å². The quantitative estimate of drug-likeness (QED) is 0.804. The van der Waals surface area contributed by atoms with Crippen molar-refractivity contribution in [2.24, 2.45) is 0 Å². The van der Waals surface area contributed by atoms with E-state index in [1.165, 1.54) is 10.7 Å². The van der Waals surface area contributed by atoms with E-state index in [1.54, 1.807) is 24.4 Å². The topological polar surface area (TPSA) is 53.9 Å². The molecule has 122 valence electrons. The Balaban J connectivity index is 1.63. The number of nitrogens with zero attached hydrogens (tertiary/aromatic N) is 3. The highest BCUT2D eigenvalue weighted by Gasteiger charge is 2.23. The van der Waals surface area contributed by atoms with Crippen molar-refractivity contribution in [1.82, 2.24) is 19.7 Å². The zero-order chi connectivity index (χ0) is 16.5. The van der Waals surface area contributed by atoms with Gasteiger partial charge in [-0.15, -0.1) is 0 Å². The van der Waals surface area contributed by atoms with E-state index in [2.05, 4.69) is 15.0 Å². The molecule has 0 saturated carbocycles. The molecule has 0 unspecified atom stereocenters. The zero-order valence-electron chi connectivity index (χ0n) is 13.1. The van der Waals surface area contributed by atoms with Crippen molar-refractivity contribution in [2.75, 3.05) is 6.54 Å². The number of H-pyrrole nitrogens is 1. The van der Waals surface area contributed by atoms with Gasteiger partial charge in [-0.3, -0.25) is 19.8 Å². The van der Waals surface area contributed by atoms with Gasteiger partial charge >= 0.3 is 0 Å². The summed E-state index contributed by atoms with van der Waals surface area (Å²) in [6.45, 7) is 2.15. The van der Waals surface area contributed by atoms with Gasteiger partial charge < -0.3 is 0 Å². The van der Waals surface area contributed by atoms with Crippen LogP contribution in [0.3, 0.4) is 0 Å². The van der Waals surface area contributed by atoms with Crippen LogP contribution in [0.15, 0.2) is 53.6 Å². The summed E-state index contributed by atoms with van der Waals surface area (Å²) in [7, 11) is 0. The van der Waals surface area contributed by atoms with Crippen LogP contribution in [-0.4, -0.2) is 26.2 Å². The Labute approximate surface area is 138 Å². The second-order valence-corrected chi connectivity index (χ2v) is 5.98. The largest absolute Gasteiger partial charge is 0.295 e. The van der Waals surface area contributed by atoms with E-state index >= 15 is 0 Å². The Morgan fingerprint density at radius 2 is 2.08 bits per heavy atom. The number of nitrogens with one attached hydrogen (secondary N) is 1. The van der Waals surface area contributed by atoms with Crippen molar-refractivity contribution < 1.29 is 4.39 Å². The van der Waals surface area contributed by atoms with Gasteiger partial charge in [0, 0.05) is 44.1 Å². The minimum atomic E-state index is -0.412. The molecule has 0 aliphatic carbocycles. The van der Waals surface area contributed by atoms with Crippen LogP contribution in [0.5, 0.6) is 0 Å². The maximum atomic E-state index is 14.0. The molecule has 0 atom stereocenters.